The minimum Gasteiger partial charge on any atom is -0.329 e. The zero-order chi connectivity index (χ0) is 8.48. The molecular formula is C9H20N2. The Hall–Kier alpha value is -0.0800. The van der Waals surface area contributed by atoms with Crippen LogP contribution in [0.3, 0.4) is 0 Å². The Morgan fingerprint density at radius 3 is 2.45 bits per heavy atom. The molecule has 1 rings (SSSR count). The molecule has 0 saturated carbocycles. The van der Waals surface area contributed by atoms with Crippen LogP contribution in [-0.4, -0.2) is 18.1 Å². The summed E-state index contributed by atoms with van der Waals surface area (Å²) in [5, 5.41) is 3.51. The third kappa shape index (κ3) is 1.94. The van der Waals surface area contributed by atoms with Gasteiger partial charge in [-0.05, 0) is 25.7 Å². The van der Waals surface area contributed by atoms with E-state index in [9.17, 15) is 0 Å². The monoisotopic (exact) mass is 156 g/mol. The van der Waals surface area contributed by atoms with E-state index in [0.717, 1.165) is 12.5 Å². The lowest BCUT2D eigenvalue weighted by molar-refractivity contribution is 0.126. The second-order valence-electron chi connectivity index (χ2n) is 4.33. The van der Waals surface area contributed by atoms with Crippen LogP contribution in [0.25, 0.3) is 0 Å². The number of hydrogen-bond acceptors (Lipinski definition) is 2. The standard InChI is InChI=1S/C9H20N2/c1-7(2)4-9(6-10)5-8(3)11-9/h7-8,11H,4-6,10H2,1-3H3/t8?,9-/m1/s1. The second kappa shape index (κ2) is 3.11. The lowest BCUT2D eigenvalue weighted by Crippen LogP contribution is -2.66. The van der Waals surface area contributed by atoms with Gasteiger partial charge in [-0.15, -0.1) is 0 Å². The first-order valence-electron chi connectivity index (χ1n) is 4.56. The van der Waals surface area contributed by atoms with Gasteiger partial charge in [0.1, 0.15) is 0 Å². The van der Waals surface area contributed by atoms with Crippen LogP contribution in [-0.2, 0) is 0 Å². The summed E-state index contributed by atoms with van der Waals surface area (Å²) in [5.74, 6) is 0.749. The zero-order valence-electron chi connectivity index (χ0n) is 7.85. The van der Waals surface area contributed by atoms with Gasteiger partial charge >= 0.3 is 0 Å². The van der Waals surface area contributed by atoms with Crippen molar-refractivity contribution in [1.29, 1.82) is 0 Å². The Balaban J connectivity index is 2.38. The Morgan fingerprint density at radius 1 is 1.64 bits per heavy atom. The van der Waals surface area contributed by atoms with Crippen molar-refractivity contribution in [2.75, 3.05) is 6.54 Å². The summed E-state index contributed by atoms with van der Waals surface area (Å²) in [6.45, 7) is 7.51. The molecule has 0 spiro atoms. The number of hydrogen-bond donors (Lipinski definition) is 2. The highest BCUT2D eigenvalue weighted by Crippen LogP contribution is 2.29. The fourth-order valence-corrected chi connectivity index (χ4v) is 2.24. The predicted octanol–water partition coefficient (Wildman–Crippen LogP) is 1.11. The van der Waals surface area contributed by atoms with E-state index < -0.39 is 0 Å². The summed E-state index contributed by atoms with van der Waals surface area (Å²) in [5.41, 5.74) is 6.00. The van der Waals surface area contributed by atoms with Crippen molar-refractivity contribution < 1.29 is 0 Å². The van der Waals surface area contributed by atoms with E-state index in [4.69, 9.17) is 5.73 Å². The number of rotatable bonds is 3. The van der Waals surface area contributed by atoms with E-state index in [1.165, 1.54) is 12.8 Å². The molecule has 2 atom stereocenters. The van der Waals surface area contributed by atoms with E-state index in [1.54, 1.807) is 0 Å². The summed E-state index contributed by atoms with van der Waals surface area (Å²) >= 11 is 0. The molecule has 11 heavy (non-hydrogen) atoms. The molecule has 0 aromatic rings. The highest BCUT2D eigenvalue weighted by molar-refractivity contribution is 5.02. The summed E-state index contributed by atoms with van der Waals surface area (Å²) in [4.78, 5) is 0. The van der Waals surface area contributed by atoms with Crippen LogP contribution in [0.15, 0.2) is 0 Å². The van der Waals surface area contributed by atoms with Crippen LogP contribution in [0.5, 0.6) is 0 Å². The molecule has 0 radical (unpaired) electrons. The van der Waals surface area contributed by atoms with Crippen molar-refractivity contribution in [3.05, 3.63) is 0 Å². The maximum absolute atomic E-state index is 5.72. The van der Waals surface area contributed by atoms with Gasteiger partial charge in [-0.25, -0.2) is 0 Å². The van der Waals surface area contributed by atoms with Gasteiger partial charge in [0, 0.05) is 18.1 Å². The average Bonchev–Trinajstić information content (AvgIpc) is 1.82. The van der Waals surface area contributed by atoms with Gasteiger partial charge in [0.15, 0.2) is 0 Å². The van der Waals surface area contributed by atoms with Crippen molar-refractivity contribution >= 4 is 0 Å². The van der Waals surface area contributed by atoms with Gasteiger partial charge in [0.2, 0.25) is 0 Å². The minimum atomic E-state index is 0.285. The fraction of sp³-hybridized carbons (Fsp3) is 1.00. The van der Waals surface area contributed by atoms with Crippen LogP contribution >= 0.6 is 0 Å². The molecule has 0 aromatic carbocycles. The van der Waals surface area contributed by atoms with Gasteiger partial charge in [-0.2, -0.15) is 0 Å². The SMILES string of the molecule is CC(C)C[C@]1(CN)CC(C)N1. The molecule has 1 aliphatic rings. The lowest BCUT2D eigenvalue weighted by atomic mass is 9.76. The van der Waals surface area contributed by atoms with Gasteiger partial charge in [0.25, 0.3) is 0 Å². The van der Waals surface area contributed by atoms with E-state index >= 15 is 0 Å². The van der Waals surface area contributed by atoms with Crippen LogP contribution in [0, 0.1) is 5.92 Å². The van der Waals surface area contributed by atoms with Crippen molar-refractivity contribution in [3.8, 4) is 0 Å². The van der Waals surface area contributed by atoms with E-state index in [2.05, 4.69) is 26.1 Å². The summed E-state index contributed by atoms with van der Waals surface area (Å²) in [6, 6.07) is 0.678. The Morgan fingerprint density at radius 2 is 2.18 bits per heavy atom. The van der Waals surface area contributed by atoms with Crippen LogP contribution in [0.2, 0.25) is 0 Å². The number of nitrogens with two attached hydrogens (primary N) is 1. The van der Waals surface area contributed by atoms with Gasteiger partial charge in [0.05, 0.1) is 0 Å². The Bertz CT molecular complexity index is 126. The Kier molecular flexibility index (Phi) is 2.55. The quantitative estimate of drug-likeness (QED) is 0.642. The molecule has 1 aliphatic heterocycles. The largest absolute Gasteiger partial charge is 0.329 e. The minimum absolute atomic E-state index is 0.285. The molecule has 3 N–H and O–H groups in total. The topological polar surface area (TPSA) is 38.0 Å². The average molecular weight is 156 g/mol. The predicted molar refractivity (Wildman–Crippen MR) is 48.5 cm³/mol. The molecule has 1 unspecified atom stereocenters. The maximum atomic E-state index is 5.72. The molecule has 0 aromatic heterocycles. The van der Waals surface area contributed by atoms with E-state index in [-0.39, 0.29) is 5.54 Å². The second-order valence-corrected chi connectivity index (χ2v) is 4.33. The zero-order valence-corrected chi connectivity index (χ0v) is 7.85. The molecule has 2 heteroatoms. The first kappa shape index (κ1) is 9.01. The summed E-state index contributed by atoms with van der Waals surface area (Å²) < 4.78 is 0. The molecule has 66 valence electrons. The highest BCUT2D eigenvalue weighted by Gasteiger charge is 2.39. The molecule has 0 bridgehead atoms. The molecular weight excluding hydrogens is 136 g/mol. The number of nitrogens with one attached hydrogen (secondary N) is 1. The van der Waals surface area contributed by atoms with Gasteiger partial charge in [-0.3, -0.25) is 0 Å². The molecule has 0 amide bonds. The van der Waals surface area contributed by atoms with Crippen molar-refractivity contribution in [2.45, 2.75) is 45.2 Å². The van der Waals surface area contributed by atoms with Crippen molar-refractivity contribution in [2.24, 2.45) is 11.7 Å². The van der Waals surface area contributed by atoms with E-state index in [0.29, 0.717) is 6.04 Å². The summed E-state index contributed by atoms with van der Waals surface area (Å²) in [6.07, 6.45) is 2.47. The molecule has 1 saturated heterocycles. The smallest absolute Gasteiger partial charge is 0.0323 e. The maximum Gasteiger partial charge on any atom is 0.0323 e. The normalized spacial score (nSPS) is 37.4. The van der Waals surface area contributed by atoms with Crippen LogP contribution in [0.4, 0.5) is 0 Å². The lowest BCUT2D eigenvalue weighted by Gasteiger charge is -2.48. The highest BCUT2D eigenvalue weighted by atomic mass is 15.1. The van der Waals surface area contributed by atoms with Crippen molar-refractivity contribution in [3.63, 3.8) is 0 Å². The summed E-state index contributed by atoms with van der Waals surface area (Å²) in [7, 11) is 0. The van der Waals surface area contributed by atoms with Crippen molar-refractivity contribution in [1.82, 2.24) is 5.32 Å². The van der Waals surface area contributed by atoms with Gasteiger partial charge < -0.3 is 11.1 Å². The first-order valence-corrected chi connectivity index (χ1v) is 4.56. The first-order chi connectivity index (χ1) is 5.08. The molecule has 2 nitrogen and oxygen atoms in total. The van der Waals surface area contributed by atoms with Crippen LogP contribution < -0.4 is 11.1 Å². The third-order valence-electron chi connectivity index (χ3n) is 2.44. The van der Waals surface area contributed by atoms with Crippen LogP contribution in [0.1, 0.15) is 33.6 Å². The van der Waals surface area contributed by atoms with E-state index in [1.807, 2.05) is 0 Å². The molecule has 1 heterocycles. The van der Waals surface area contributed by atoms with Gasteiger partial charge in [-0.1, -0.05) is 13.8 Å². The Labute approximate surface area is 69.5 Å². The molecule has 0 aliphatic carbocycles. The molecule has 1 fully saturated rings. The third-order valence-corrected chi connectivity index (χ3v) is 2.44. The fourth-order valence-electron chi connectivity index (χ4n) is 2.24.